The molecule has 0 spiro atoms. The molecule has 5 heteroatoms. The van der Waals surface area contributed by atoms with Crippen LogP contribution in [0.25, 0.3) is 0 Å². The Kier molecular flexibility index (Phi) is 5.04. The Morgan fingerprint density at radius 3 is 2.88 bits per heavy atom. The van der Waals surface area contributed by atoms with Crippen molar-refractivity contribution < 1.29 is 0 Å². The average Bonchev–Trinajstić information content (AvgIpc) is 3.33. The van der Waals surface area contributed by atoms with E-state index in [-0.39, 0.29) is 0 Å². The lowest BCUT2D eigenvalue weighted by Crippen LogP contribution is -2.26. The lowest BCUT2D eigenvalue weighted by atomic mass is 10.1. The highest BCUT2D eigenvalue weighted by Crippen LogP contribution is 2.31. The molecule has 1 aliphatic rings. The summed E-state index contributed by atoms with van der Waals surface area (Å²) in [5.41, 5.74) is 2.56. The number of pyridine rings is 1. The number of hydrogen-bond donors (Lipinski definition) is 1. The number of benzene rings is 1. The maximum absolute atomic E-state index is 4.85. The molecule has 0 amide bonds. The van der Waals surface area contributed by atoms with E-state index >= 15 is 0 Å². The largest absolute Gasteiger partial charge is 0.316 e. The molecule has 1 aromatic carbocycles. The van der Waals surface area contributed by atoms with Crippen LogP contribution in [0.3, 0.4) is 0 Å². The highest BCUT2D eigenvalue weighted by atomic mass is 32.1. The first kappa shape index (κ1) is 16.2. The van der Waals surface area contributed by atoms with Gasteiger partial charge in [0.1, 0.15) is 5.82 Å². The predicted octanol–water partition coefficient (Wildman–Crippen LogP) is 4.66. The van der Waals surface area contributed by atoms with Gasteiger partial charge in [-0.05, 0) is 43.5 Å². The van der Waals surface area contributed by atoms with Crippen LogP contribution in [0.5, 0.6) is 0 Å². The standard InChI is InChI=1S/C20H22N4S/c1-2-6-16(7-3-1)11-14-24-13-5-9-18(24)17-8-4-10-19(22-17)23-20-21-12-15-25-20/h1-4,6-8,10,12,15,18H,5,9,11,13-14H2,(H,21,22,23)/t18-/m0/s1. The van der Waals surface area contributed by atoms with E-state index in [9.17, 15) is 0 Å². The van der Waals surface area contributed by atoms with Crippen molar-refractivity contribution in [2.24, 2.45) is 0 Å². The molecule has 4 nitrogen and oxygen atoms in total. The monoisotopic (exact) mass is 350 g/mol. The smallest absolute Gasteiger partial charge is 0.188 e. The number of nitrogens with one attached hydrogen (secondary N) is 1. The van der Waals surface area contributed by atoms with E-state index in [4.69, 9.17) is 4.98 Å². The van der Waals surface area contributed by atoms with Crippen LogP contribution >= 0.6 is 11.3 Å². The first-order valence-corrected chi connectivity index (χ1v) is 9.68. The molecule has 25 heavy (non-hydrogen) atoms. The van der Waals surface area contributed by atoms with E-state index in [0.717, 1.165) is 36.2 Å². The maximum atomic E-state index is 4.85. The van der Waals surface area contributed by atoms with Gasteiger partial charge >= 0.3 is 0 Å². The molecule has 1 saturated heterocycles. The fourth-order valence-corrected chi connectivity index (χ4v) is 3.98. The van der Waals surface area contributed by atoms with E-state index in [0.29, 0.717) is 6.04 Å². The van der Waals surface area contributed by atoms with Crippen LogP contribution in [0, 0.1) is 0 Å². The SMILES string of the molecule is c1ccc(CCN2CCC[C@H]2c2cccc(Nc3nccs3)n2)cc1. The number of aromatic nitrogens is 2. The van der Waals surface area contributed by atoms with Crippen LogP contribution < -0.4 is 5.32 Å². The normalized spacial score (nSPS) is 17.7. The Labute approximate surface area is 152 Å². The second-order valence-corrected chi connectivity index (χ2v) is 7.23. The van der Waals surface area contributed by atoms with Gasteiger partial charge in [-0.15, -0.1) is 11.3 Å². The fourth-order valence-electron chi connectivity index (χ4n) is 3.45. The summed E-state index contributed by atoms with van der Waals surface area (Å²) in [6, 6.07) is 17.4. The van der Waals surface area contributed by atoms with Crippen molar-refractivity contribution in [3.8, 4) is 0 Å². The van der Waals surface area contributed by atoms with Crippen LogP contribution in [0.2, 0.25) is 0 Å². The maximum Gasteiger partial charge on any atom is 0.188 e. The van der Waals surface area contributed by atoms with Crippen molar-refractivity contribution in [1.82, 2.24) is 14.9 Å². The summed E-state index contributed by atoms with van der Waals surface area (Å²) in [5.74, 6) is 0.877. The molecular formula is C20H22N4S. The third-order valence-electron chi connectivity index (χ3n) is 4.67. The van der Waals surface area contributed by atoms with Crippen LogP contribution in [-0.2, 0) is 6.42 Å². The topological polar surface area (TPSA) is 41.0 Å². The van der Waals surface area contributed by atoms with Gasteiger partial charge < -0.3 is 5.32 Å². The van der Waals surface area contributed by atoms with Crippen molar-refractivity contribution in [3.63, 3.8) is 0 Å². The summed E-state index contributed by atoms with van der Waals surface area (Å²) in [7, 11) is 0. The molecule has 1 N–H and O–H groups in total. The molecule has 3 aromatic rings. The second kappa shape index (κ2) is 7.76. The van der Waals surface area contributed by atoms with Gasteiger partial charge in [0, 0.05) is 18.1 Å². The molecule has 2 aromatic heterocycles. The zero-order chi connectivity index (χ0) is 16.9. The first-order chi connectivity index (χ1) is 12.4. The lowest BCUT2D eigenvalue weighted by molar-refractivity contribution is 0.256. The van der Waals surface area contributed by atoms with Crippen LogP contribution in [0.4, 0.5) is 10.9 Å². The first-order valence-electron chi connectivity index (χ1n) is 8.80. The van der Waals surface area contributed by atoms with Crippen molar-refractivity contribution in [3.05, 3.63) is 71.4 Å². The van der Waals surface area contributed by atoms with Gasteiger partial charge in [-0.25, -0.2) is 9.97 Å². The minimum Gasteiger partial charge on any atom is -0.316 e. The van der Waals surface area contributed by atoms with Gasteiger partial charge in [0.05, 0.1) is 11.7 Å². The van der Waals surface area contributed by atoms with Crippen molar-refractivity contribution >= 4 is 22.3 Å². The number of rotatable bonds is 6. The molecule has 0 bridgehead atoms. The highest BCUT2D eigenvalue weighted by molar-refractivity contribution is 7.13. The van der Waals surface area contributed by atoms with Gasteiger partial charge in [-0.1, -0.05) is 36.4 Å². The van der Waals surface area contributed by atoms with Crippen LogP contribution in [0.1, 0.15) is 30.1 Å². The summed E-state index contributed by atoms with van der Waals surface area (Å²) in [5, 5.41) is 6.15. The zero-order valence-corrected chi connectivity index (χ0v) is 15.0. The fraction of sp³-hybridized carbons (Fsp3) is 0.300. The van der Waals surface area contributed by atoms with E-state index in [1.807, 2.05) is 11.4 Å². The Balaban J connectivity index is 1.44. The molecule has 4 rings (SSSR count). The van der Waals surface area contributed by atoms with E-state index < -0.39 is 0 Å². The van der Waals surface area contributed by atoms with Gasteiger partial charge in [-0.2, -0.15) is 0 Å². The molecule has 128 valence electrons. The predicted molar refractivity (Wildman–Crippen MR) is 103 cm³/mol. The molecular weight excluding hydrogens is 328 g/mol. The highest BCUT2D eigenvalue weighted by Gasteiger charge is 2.26. The number of nitrogens with zero attached hydrogens (tertiary/aromatic N) is 3. The minimum atomic E-state index is 0.418. The third kappa shape index (κ3) is 4.06. The zero-order valence-electron chi connectivity index (χ0n) is 14.1. The Morgan fingerprint density at radius 2 is 2.04 bits per heavy atom. The van der Waals surface area contributed by atoms with Crippen molar-refractivity contribution in [2.75, 3.05) is 18.4 Å². The van der Waals surface area contributed by atoms with Crippen LogP contribution in [-0.4, -0.2) is 28.0 Å². The van der Waals surface area contributed by atoms with E-state index in [1.165, 1.54) is 18.4 Å². The van der Waals surface area contributed by atoms with Gasteiger partial charge in [-0.3, -0.25) is 4.90 Å². The molecule has 1 fully saturated rings. The lowest BCUT2D eigenvalue weighted by Gasteiger charge is -2.24. The summed E-state index contributed by atoms with van der Waals surface area (Å²) in [6.45, 7) is 2.24. The average molecular weight is 350 g/mol. The molecule has 0 radical (unpaired) electrons. The number of thiazole rings is 1. The molecule has 1 atom stereocenters. The second-order valence-electron chi connectivity index (χ2n) is 6.34. The number of anilines is 2. The molecule has 1 aliphatic heterocycles. The quantitative estimate of drug-likeness (QED) is 0.702. The molecule has 0 unspecified atom stereocenters. The van der Waals surface area contributed by atoms with E-state index in [2.05, 4.69) is 57.7 Å². The van der Waals surface area contributed by atoms with Crippen LogP contribution in [0.15, 0.2) is 60.1 Å². The molecule has 0 aliphatic carbocycles. The summed E-state index contributed by atoms with van der Waals surface area (Å²) in [4.78, 5) is 11.7. The van der Waals surface area contributed by atoms with Gasteiger partial charge in [0.25, 0.3) is 0 Å². The Morgan fingerprint density at radius 1 is 1.12 bits per heavy atom. The van der Waals surface area contributed by atoms with Gasteiger partial charge in [0.15, 0.2) is 5.13 Å². The van der Waals surface area contributed by atoms with Crippen molar-refractivity contribution in [2.45, 2.75) is 25.3 Å². The summed E-state index contributed by atoms with van der Waals surface area (Å²) in [6.07, 6.45) is 5.32. The summed E-state index contributed by atoms with van der Waals surface area (Å²) < 4.78 is 0. The summed E-state index contributed by atoms with van der Waals surface area (Å²) >= 11 is 1.59. The number of hydrogen-bond acceptors (Lipinski definition) is 5. The molecule has 0 saturated carbocycles. The minimum absolute atomic E-state index is 0.418. The molecule has 3 heterocycles. The van der Waals surface area contributed by atoms with Crippen molar-refractivity contribution in [1.29, 1.82) is 0 Å². The Bertz CT molecular complexity index is 788. The van der Waals surface area contributed by atoms with Gasteiger partial charge in [0.2, 0.25) is 0 Å². The number of likely N-dealkylation sites (tertiary alicyclic amines) is 1. The third-order valence-corrected chi connectivity index (χ3v) is 5.36. The van der Waals surface area contributed by atoms with E-state index in [1.54, 1.807) is 17.5 Å². The Hall–Kier alpha value is -2.24.